The predicted molar refractivity (Wildman–Crippen MR) is 76.6 cm³/mol. The highest BCUT2D eigenvalue weighted by Crippen LogP contribution is 2.40. The molecular weight excluding hydrogens is 386 g/mol. The van der Waals surface area contributed by atoms with Crippen LogP contribution >= 0.6 is 31.9 Å². The van der Waals surface area contributed by atoms with Gasteiger partial charge in [0.15, 0.2) is 0 Å². The molecule has 0 atom stereocenters. The van der Waals surface area contributed by atoms with Crippen molar-refractivity contribution in [1.82, 2.24) is 0 Å². The molecule has 0 bridgehead atoms. The van der Waals surface area contributed by atoms with E-state index < -0.39 is 11.9 Å². The molecule has 0 heterocycles. The van der Waals surface area contributed by atoms with Crippen LogP contribution in [-0.2, 0) is 10.7 Å². The highest BCUT2D eigenvalue weighted by Gasteiger charge is 2.33. The molecule has 19 heavy (non-hydrogen) atoms. The average molecular weight is 400 g/mol. The summed E-state index contributed by atoms with van der Waals surface area (Å²) in [5.74, 6) is -3.92. The van der Waals surface area contributed by atoms with E-state index in [4.69, 9.17) is 5.11 Å². The van der Waals surface area contributed by atoms with Gasteiger partial charge in [-0.2, -0.15) is 0 Å². The van der Waals surface area contributed by atoms with Crippen molar-refractivity contribution in [3.8, 4) is 0 Å². The van der Waals surface area contributed by atoms with Gasteiger partial charge in [0.25, 0.3) is 5.92 Å². The van der Waals surface area contributed by atoms with E-state index in [0.29, 0.717) is 8.95 Å². The van der Waals surface area contributed by atoms with E-state index in [9.17, 15) is 13.6 Å². The Morgan fingerprint density at radius 1 is 1.26 bits per heavy atom. The maximum atomic E-state index is 14.1. The van der Waals surface area contributed by atoms with Crippen molar-refractivity contribution in [3.05, 3.63) is 32.2 Å². The third kappa shape index (κ3) is 4.84. The van der Waals surface area contributed by atoms with Crippen LogP contribution < -0.4 is 0 Å². The maximum absolute atomic E-state index is 14.1. The number of carboxylic acids is 1. The number of alkyl halides is 2. The van der Waals surface area contributed by atoms with Crippen LogP contribution in [0.5, 0.6) is 0 Å². The zero-order valence-electron chi connectivity index (χ0n) is 10.4. The van der Waals surface area contributed by atoms with Crippen LogP contribution in [0.25, 0.3) is 0 Å². The number of rotatable bonds is 6. The van der Waals surface area contributed by atoms with E-state index in [2.05, 4.69) is 31.9 Å². The van der Waals surface area contributed by atoms with Crippen LogP contribution in [0.2, 0.25) is 0 Å². The Kier molecular flexibility index (Phi) is 5.92. The Morgan fingerprint density at radius 2 is 1.89 bits per heavy atom. The molecule has 0 aliphatic heterocycles. The molecule has 0 aromatic heterocycles. The van der Waals surface area contributed by atoms with Gasteiger partial charge in [-0.3, -0.25) is 4.79 Å². The zero-order chi connectivity index (χ0) is 14.6. The molecule has 0 spiro atoms. The van der Waals surface area contributed by atoms with Crippen molar-refractivity contribution in [2.45, 2.75) is 38.5 Å². The van der Waals surface area contributed by atoms with Gasteiger partial charge in [-0.1, -0.05) is 31.9 Å². The molecule has 0 aliphatic rings. The topological polar surface area (TPSA) is 37.3 Å². The summed E-state index contributed by atoms with van der Waals surface area (Å²) in [6.45, 7) is 1.82. The van der Waals surface area contributed by atoms with E-state index >= 15 is 0 Å². The molecule has 1 aromatic rings. The first-order chi connectivity index (χ1) is 8.74. The fourth-order valence-electron chi connectivity index (χ4n) is 1.68. The summed E-state index contributed by atoms with van der Waals surface area (Å²) < 4.78 is 29.1. The largest absolute Gasteiger partial charge is 0.481 e. The summed E-state index contributed by atoms with van der Waals surface area (Å²) in [7, 11) is 0. The number of carboxylic acid groups (broad SMARTS) is 1. The first kappa shape index (κ1) is 16.6. The molecule has 1 aromatic carbocycles. The van der Waals surface area contributed by atoms with Gasteiger partial charge < -0.3 is 5.11 Å². The second-order valence-electron chi connectivity index (χ2n) is 4.39. The summed E-state index contributed by atoms with van der Waals surface area (Å²) in [4.78, 5) is 10.3. The van der Waals surface area contributed by atoms with Crippen molar-refractivity contribution in [3.63, 3.8) is 0 Å². The molecule has 2 nitrogen and oxygen atoms in total. The van der Waals surface area contributed by atoms with Crippen molar-refractivity contribution >= 4 is 37.8 Å². The lowest BCUT2D eigenvalue weighted by atomic mass is 10.0. The monoisotopic (exact) mass is 398 g/mol. The molecule has 1 rings (SSSR count). The lowest BCUT2D eigenvalue weighted by molar-refractivity contribution is -0.137. The van der Waals surface area contributed by atoms with Crippen LogP contribution in [0, 0.1) is 6.92 Å². The number of halogens is 4. The number of hydrogen-bond donors (Lipinski definition) is 1. The smallest absolute Gasteiger partial charge is 0.303 e. The minimum atomic E-state index is -2.96. The molecule has 0 saturated heterocycles. The van der Waals surface area contributed by atoms with E-state index in [-0.39, 0.29) is 31.2 Å². The van der Waals surface area contributed by atoms with Gasteiger partial charge in [0.1, 0.15) is 0 Å². The molecule has 0 fully saturated rings. The molecular formula is C13H14Br2F2O2. The van der Waals surface area contributed by atoms with Crippen molar-refractivity contribution in [1.29, 1.82) is 0 Å². The third-order valence-corrected chi connectivity index (χ3v) is 4.28. The number of unbranched alkanes of at least 4 members (excludes halogenated alkanes) is 1. The minimum Gasteiger partial charge on any atom is -0.481 e. The summed E-state index contributed by atoms with van der Waals surface area (Å²) >= 11 is 6.40. The number of aryl methyl sites for hydroxylation is 1. The van der Waals surface area contributed by atoms with Gasteiger partial charge >= 0.3 is 5.97 Å². The fraction of sp³-hybridized carbons (Fsp3) is 0.462. The van der Waals surface area contributed by atoms with E-state index in [1.54, 1.807) is 6.07 Å². The Morgan fingerprint density at radius 3 is 2.47 bits per heavy atom. The van der Waals surface area contributed by atoms with Crippen LogP contribution in [0.4, 0.5) is 8.78 Å². The summed E-state index contributed by atoms with van der Waals surface area (Å²) in [5, 5.41) is 8.47. The van der Waals surface area contributed by atoms with Crippen LogP contribution in [-0.4, -0.2) is 11.1 Å². The van der Waals surface area contributed by atoms with Gasteiger partial charge in [0.05, 0.1) is 0 Å². The zero-order valence-corrected chi connectivity index (χ0v) is 13.5. The lowest BCUT2D eigenvalue weighted by Gasteiger charge is -2.19. The van der Waals surface area contributed by atoms with Crippen molar-refractivity contribution < 1.29 is 18.7 Å². The molecule has 6 heteroatoms. The van der Waals surface area contributed by atoms with Crippen molar-refractivity contribution in [2.24, 2.45) is 0 Å². The van der Waals surface area contributed by atoms with E-state index in [1.165, 1.54) is 6.07 Å². The third-order valence-electron chi connectivity index (χ3n) is 2.77. The molecule has 0 aliphatic carbocycles. The second kappa shape index (κ2) is 6.79. The maximum Gasteiger partial charge on any atom is 0.303 e. The summed E-state index contributed by atoms with van der Waals surface area (Å²) in [5.41, 5.74) is 0.803. The van der Waals surface area contributed by atoms with Crippen LogP contribution in [0.15, 0.2) is 21.1 Å². The Labute approximate surface area is 127 Å². The molecule has 0 radical (unpaired) electrons. The molecule has 106 valence electrons. The Bertz CT molecular complexity index is 476. The average Bonchev–Trinajstić information content (AvgIpc) is 2.29. The normalized spacial score (nSPS) is 11.6. The number of carbonyl (C=O) groups is 1. The van der Waals surface area contributed by atoms with Gasteiger partial charge in [-0.15, -0.1) is 0 Å². The van der Waals surface area contributed by atoms with Crippen LogP contribution in [0.1, 0.15) is 36.8 Å². The number of benzene rings is 1. The van der Waals surface area contributed by atoms with Gasteiger partial charge in [0, 0.05) is 27.4 Å². The molecule has 0 unspecified atom stereocenters. The summed E-state index contributed by atoms with van der Waals surface area (Å²) in [6.07, 6.45) is 0.00995. The van der Waals surface area contributed by atoms with Gasteiger partial charge in [0.2, 0.25) is 0 Å². The molecule has 0 saturated carbocycles. The van der Waals surface area contributed by atoms with Gasteiger partial charge in [-0.25, -0.2) is 8.78 Å². The highest BCUT2D eigenvalue weighted by molar-refractivity contribution is 9.11. The number of hydrogen-bond acceptors (Lipinski definition) is 1. The van der Waals surface area contributed by atoms with Gasteiger partial charge in [-0.05, 0) is 37.5 Å². The lowest BCUT2D eigenvalue weighted by Crippen LogP contribution is -2.14. The molecule has 1 N–H and O–H groups in total. The predicted octanol–water partition coefficient (Wildman–Crippen LogP) is 5.26. The molecule has 0 amide bonds. The second-order valence-corrected chi connectivity index (χ2v) is 6.10. The number of aliphatic carboxylic acids is 1. The minimum absolute atomic E-state index is 0.0692. The first-order valence-electron chi connectivity index (χ1n) is 5.80. The quantitative estimate of drug-likeness (QED) is 0.662. The Hall–Kier alpha value is -0.490. The van der Waals surface area contributed by atoms with Crippen molar-refractivity contribution in [2.75, 3.05) is 0 Å². The highest BCUT2D eigenvalue weighted by atomic mass is 79.9. The fourth-order valence-corrected chi connectivity index (χ4v) is 2.78. The SMILES string of the molecule is Cc1cc(Br)c(C(F)(F)CCCCC(=O)O)cc1Br. The first-order valence-corrected chi connectivity index (χ1v) is 7.38. The van der Waals surface area contributed by atoms with E-state index in [0.717, 1.165) is 5.56 Å². The van der Waals surface area contributed by atoms with Crippen LogP contribution in [0.3, 0.4) is 0 Å². The van der Waals surface area contributed by atoms with E-state index in [1.807, 2.05) is 6.92 Å². The Balaban J connectivity index is 2.76. The summed E-state index contributed by atoms with van der Waals surface area (Å²) in [6, 6.07) is 3.06. The standard InChI is InChI=1S/C13H14Br2F2O2/c1-8-6-11(15)9(7-10(8)14)13(16,17)5-3-2-4-12(18)19/h6-7H,2-5H2,1H3,(H,18,19).